The highest BCUT2D eigenvalue weighted by atomic mass is 19.1. The summed E-state index contributed by atoms with van der Waals surface area (Å²) in [6.45, 7) is 7.28. The molecule has 3 amide bonds. The summed E-state index contributed by atoms with van der Waals surface area (Å²) in [6, 6.07) is 24.5. The average molecular weight is 904 g/mol. The maximum Gasteiger partial charge on any atom is 0.407 e. The molecule has 0 spiro atoms. The molecule has 350 valence electrons. The van der Waals surface area contributed by atoms with E-state index in [1.54, 1.807) is 98.5 Å². The molecule has 4 aromatic carbocycles. The third kappa shape index (κ3) is 16.4. The summed E-state index contributed by atoms with van der Waals surface area (Å²) in [5.41, 5.74) is 7.12. The van der Waals surface area contributed by atoms with Gasteiger partial charge in [-0.2, -0.15) is 0 Å². The molecule has 17 heteroatoms. The minimum atomic E-state index is -0.713. The molecule has 0 bridgehead atoms. The maximum atomic E-state index is 14.4. The number of nitrogens with zero attached hydrogens (tertiary/aromatic N) is 4. The second kappa shape index (κ2) is 25.3. The van der Waals surface area contributed by atoms with Gasteiger partial charge in [0.05, 0.1) is 17.4 Å². The predicted molar refractivity (Wildman–Crippen MR) is 242 cm³/mol. The largest absolute Gasteiger partial charge is 0.444 e. The molecular weight excluding hydrogens is 843 g/mol. The average Bonchev–Trinajstić information content (AvgIpc) is 3.93. The molecular formula is C48H61F4N9O4. The second-order valence-electron chi connectivity index (χ2n) is 17.1. The van der Waals surface area contributed by atoms with Crippen molar-refractivity contribution in [3.63, 3.8) is 0 Å². The number of benzene rings is 4. The lowest BCUT2D eigenvalue weighted by atomic mass is 10.0. The Hall–Kier alpha value is -6.25. The van der Waals surface area contributed by atoms with Gasteiger partial charge >= 0.3 is 6.09 Å². The smallest absolute Gasteiger partial charge is 0.407 e. The Morgan fingerprint density at radius 3 is 1.74 bits per heavy atom. The van der Waals surface area contributed by atoms with E-state index in [9.17, 15) is 31.9 Å². The molecule has 6 N–H and O–H groups in total. The Bertz CT molecular complexity index is 2170. The highest BCUT2D eigenvalue weighted by Crippen LogP contribution is 2.24. The van der Waals surface area contributed by atoms with Crippen molar-refractivity contribution in [2.75, 3.05) is 43.9 Å². The molecule has 2 heterocycles. The predicted octanol–water partition coefficient (Wildman–Crippen LogP) is 7.45. The Kier molecular flexibility index (Phi) is 20.0. The first-order valence-electron chi connectivity index (χ1n) is 21.7. The number of halogens is 4. The van der Waals surface area contributed by atoms with Crippen LogP contribution in [0.1, 0.15) is 64.0 Å². The monoisotopic (exact) mass is 903 g/mol. The van der Waals surface area contributed by atoms with Gasteiger partial charge in [0.2, 0.25) is 11.8 Å². The van der Waals surface area contributed by atoms with E-state index < -0.39 is 29.6 Å². The zero-order valence-corrected chi connectivity index (χ0v) is 37.4. The summed E-state index contributed by atoms with van der Waals surface area (Å²) in [5, 5.41) is 24.2. The molecule has 5 atom stereocenters. The van der Waals surface area contributed by atoms with Crippen molar-refractivity contribution in [3.05, 3.63) is 131 Å². The lowest BCUT2D eigenvalue weighted by Crippen LogP contribution is -2.46. The fourth-order valence-corrected chi connectivity index (χ4v) is 7.93. The summed E-state index contributed by atoms with van der Waals surface area (Å²) >= 11 is 0. The number of rotatable bonds is 16. The summed E-state index contributed by atoms with van der Waals surface area (Å²) < 4.78 is 61.3. The fraction of sp³-hybridized carbons (Fsp3) is 0.438. The van der Waals surface area contributed by atoms with E-state index in [1.807, 2.05) is 11.9 Å². The Labute approximate surface area is 378 Å². The standard InChI is InChI=1S/C27H36F2N4O3.C21H25F2N3O.N2/c1-27(2,3)36-26(35)32-19(13-18-9-5-6-10-22(18)28)15-25(34)33-17-20(30-4)14-21(33)16-31-24-12-8-7-11-23(24)29;22-18-8-2-1-6-15(18)12-16(24)13-21(27)26-11-5-7-17(26)14-25-20-10-4-3-9-19(20)23;1-2/h5-12,19-21,30-31H,13-17H2,1-4H3,(H,32,35);1-4,6,8-10,16-17,25H,5,7,11-14,24H2;/t19-,20+,21+;16-,17+;/m11./s1. The van der Waals surface area contributed by atoms with E-state index in [4.69, 9.17) is 21.3 Å². The van der Waals surface area contributed by atoms with Crippen LogP contribution in [0.4, 0.5) is 33.7 Å². The van der Waals surface area contributed by atoms with Gasteiger partial charge in [-0.1, -0.05) is 60.7 Å². The van der Waals surface area contributed by atoms with E-state index in [1.165, 1.54) is 24.3 Å². The van der Waals surface area contributed by atoms with Crippen LogP contribution in [0.25, 0.3) is 0 Å². The Morgan fingerprint density at radius 1 is 0.723 bits per heavy atom. The molecule has 13 nitrogen and oxygen atoms in total. The molecule has 0 aliphatic carbocycles. The molecule has 2 saturated heterocycles. The molecule has 0 unspecified atom stereocenters. The lowest BCUT2D eigenvalue weighted by Gasteiger charge is -2.28. The third-order valence-electron chi connectivity index (χ3n) is 11.1. The minimum absolute atomic E-state index is 0.0118. The van der Waals surface area contributed by atoms with Crippen LogP contribution < -0.4 is 27.0 Å². The number of carbonyl (C=O) groups excluding carboxylic acids is 3. The van der Waals surface area contributed by atoms with Gasteiger partial charge in [-0.3, -0.25) is 9.59 Å². The summed E-state index contributed by atoms with van der Waals surface area (Å²) in [6.07, 6.45) is 2.42. The van der Waals surface area contributed by atoms with E-state index in [0.29, 0.717) is 61.5 Å². The molecule has 0 radical (unpaired) electrons. The van der Waals surface area contributed by atoms with E-state index in [-0.39, 0.29) is 66.7 Å². The lowest BCUT2D eigenvalue weighted by molar-refractivity contribution is -0.133. The van der Waals surface area contributed by atoms with Gasteiger partial charge in [-0.05, 0) is 107 Å². The van der Waals surface area contributed by atoms with Crippen molar-refractivity contribution < 1.29 is 36.7 Å². The van der Waals surface area contributed by atoms with Crippen LogP contribution >= 0.6 is 0 Å². The van der Waals surface area contributed by atoms with Crippen LogP contribution in [0.2, 0.25) is 0 Å². The summed E-state index contributed by atoms with van der Waals surface area (Å²) in [5.74, 6) is -1.56. The number of alkyl carbamates (subject to hydrolysis) is 1. The number of likely N-dealkylation sites (N-methyl/N-ethyl adjacent to an activating group) is 1. The van der Waals surface area contributed by atoms with E-state index in [2.05, 4.69) is 21.3 Å². The highest BCUT2D eigenvalue weighted by molar-refractivity contribution is 5.79. The molecule has 65 heavy (non-hydrogen) atoms. The number of likely N-dealkylation sites (tertiary alicyclic amines) is 2. The zero-order valence-electron chi connectivity index (χ0n) is 37.4. The van der Waals surface area contributed by atoms with Gasteiger partial charge in [-0.15, -0.1) is 0 Å². The van der Waals surface area contributed by atoms with Gasteiger partial charge in [-0.25, -0.2) is 22.4 Å². The quantitative estimate of drug-likeness (QED) is 0.0558. The first kappa shape index (κ1) is 51.4. The zero-order chi connectivity index (χ0) is 47.5. The molecule has 2 fully saturated rings. The Balaban J connectivity index is 0.000000284. The van der Waals surface area contributed by atoms with Crippen LogP contribution in [0.15, 0.2) is 97.1 Å². The number of hydrogen-bond acceptors (Lipinski definition) is 10. The fourth-order valence-electron chi connectivity index (χ4n) is 7.93. The van der Waals surface area contributed by atoms with Crippen molar-refractivity contribution in [1.29, 1.82) is 10.8 Å². The third-order valence-corrected chi connectivity index (χ3v) is 11.1. The number of ether oxygens (including phenoxy) is 1. The van der Waals surface area contributed by atoms with Gasteiger partial charge in [0, 0.05) is 74.0 Å². The van der Waals surface area contributed by atoms with E-state index >= 15 is 0 Å². The van der Waals surface area contributed by atoms with Crippen molar-refractivity contribution in [1.82, 2.24) is 20.4 Å². The SMILES string of the molecule is CN[C@H]1C[C@@H](CNc2ccccc2F)N(C(=O)C[C@@H](Cc2ccccc2F)NC(=O)OC(C)(C)C)C1.N#N.N[C@@H](CC(=O)N1CCC[C@H]1CNc1ccccc1F)Cc1ccccc1F. The molecule has 4 aromatic rings. The van der Waals surface area contributed by atoms with Crippen molar-refractivity contribution in [2.45, 2.75) is 102 Å². The topological polar surface area (TPSA) is 189 Å². The number of nitrogens with one attached hydrogen (secondary N) is 4. The minimum Gasteiger partial charge on any atom is -0.444 e. The van der Waals surface area contributed by atoms with Crippen LogP contribution in [0.5, 0.6) is 0 Å². The van der Waals surface area contributed by atoms with Gasteiger partial charge in [0.1, 0.15) is 28.9 Å². The maximum absolute atomic E-state index is 14.4. The molecule has 0 aromatic heterocycles. The van der Waals surface area contributed by atoms with Crippen LogP contribution in [0, 0.1) is 34.1 Å². The first-order chi connectivity index (χ1) is 31.1. The normalized spacial score (nSPS) is 17.7. The Morgan fingerprint density at radius 2 is 1.22 bits per heavy atom. The second-order valence-corrected chi connectivity index (χ2v) is 17.1. The number of nitrogens with two attached hydrogens (primary N) is 1. The van der Waals surface area contributed by atoms with Crippen LogP contribution in [0.3, 0.4) is 0 Å². The summed E-state index contributed by atoms with van der Waals surface area (Å²) in [7, 11) is 1.84. The van der Waals surface area contributed by atoms with Gasteiger partial charge < -0.3 is 41.5 Å². The highest BCUT2D eigenvalue weighted by Gasteiger charge is 2.36. The molecule has 2 aliphatic rings. The number of amides is 3. The molecule has 6 rings (SSSR count). The summed E-state index contributed by atoms with van der Waals surface area (Å²) in [4.78, 5) is 42.2. The number of para-hydroxylation sites is 2. The number of anilines is 2. The van der Waals surface area contributed by atoms with Crippen LogP contribution in [-0.4, -0.2) is 96.7 Å². The number of carbonyl (C=O) groups is 3. The molecule has 0 saturated carbocycles. The van der Waals surface area contributed by atoms with Crippen molar-refractivity contribution >= 4 is 29.3 Å². The first-order valence-corrected chi connectivity index (χ1v) is 21.7. The van der Waals surface area contributed by atoms with Gasteiger partial charge in [0.15, 0.2) is 0 Å². The molecule has 2 aliphatic heterocycles. The number of hydrogen-bond donors (Lipinski definition) is 5. The van der Waals surface area contributed by atoms with E-state index in [0.717, 1.165) is 12.8 Å². The van der Waals surface area contributed by atoms with Crippen molar-refractivity contribution in [3.8, 4) is 0 Å². The van der Waals surface area contributed by atoms with Gasteiger partial charge in [0.25, 0.3) is 0 Å². The van der Waals surface area contributed by atoms with Crippen LogP contribution in [-0.2, 0) is 27.2 Å². The van der Waals surface area contributed by atoms with Crippen molar-refractivity contribution in [2.24, 2.45) is 5.73 Å².